The van der Waals surface area contributed by atoms with Gasteiger partial charge in [-0.1, -0.05) is 12.7 Å². The summed E-state index contributed by atoms with van der Waals surface area (Å²) in [5.74, 6) is -1.15. The maximum Gasteiger partial charge on any atom is 0.352 e. The van der Waals surface area contributed by atoms with Gasteiger partial charge in [-0.25, -0.2) is 4.79 Å². The van der Waals surface area contributed by atoms with E-state index in [2.05, 4.69) is 11.6 Å². The van der Waals surface area contributed by atoms with E-state index in [4.69, 9.17) is 5.11 Å². The van der Waals surface area contributed by atoms with Crippen molar-refractivity contribution in [2.24, 2.45) is 0 Å². The molecule has 1 aromatic rings. The van der Waals surface area contributed by atoms with Crippen LogP contribution in [0.2, 0.25) is 0 Å². The molecule has 2 N–H and O–H groups in total. The molecule has 4 heteroatoms. The van der Waals surface area contributed by atoms with E-state index in [1.807, 2.05) is 0 Å². The first-order valence-electron chi connectivity index (χ1n) is 3.24. The first-order chi connectivity index (χ1) is 5.65. The highest BCUT2D eigenvalue weighted by atomic mass is 16.4. The third kappa shape index (κ3) is 1.42. The van der Waals surface area contributed by atoms with E-state index in [1.165, 1.54) is 18.2 Å². The summed E-state index contributed by atoms with van der Waals surface area (Å²) in [7, 11) is 0. The summed E-state index contributed by atoms with van der Waals surface area (Å²) in [5, 5.41) is 8.48. The third-order valence-electron chi connectivity index (χ3n) is 1.39. The summed E-state index contributed by atoms with van der Waals surface area (Å²) in [5.41, 5.74) is -0.199. The lowest BCUT2D eigenvalue weighted by molar-refractivity contribution is 0.0690. The van der Waals surface area contributed by atoms with Crippen molar-refractivity contribution >= 4 is 12.0 Å². The lowest BCUT2D eigenvalue weighted by Crippen LogP contribution is -2.14. The van der Waals surface area contributed by atoms with E-state index in [0.29, 0.717) is 5.56 Å². The number of carboxylic acids is 1. The Morgan fingerprint density at radius 3 is 2.67 bits per heavy atom. The Kier molecular flexibility index (Phi) is 2.09. The van der Waals surface area contributed by atoms with Gasteiger partial charge < -0.3 is 10.1 Å². The summed E-state index contributed by atoms with van der Waals surface area (Å²) < 4.78 is 0. The number of nitrogens with one attached hydrogen (secondary N) is 1. The zero-order valence-electron chi connectivity index (χ0n) is 6.20. The molecule has 0 aliphatic carbocycles. The zero-order valence-corrected chi connectivity index (χ0v) is 6.20. The van der Waals surface area contributed by atoms with Crippen LogP contribution in [0.3, 0.4) is 0 Å². The van der Waals surface area contributed by atoms with Gasteiger partial charge in [0.2, 0.25) is 0 Å². The second-order valence-corrected chi connectivity index (χ2v) is 2.17. The highest BCUT2D eigenvalue weighted by molar-refractivity contribution is 5.85. The number of pyridine rings is 1. The average molecular weight is 165 g/mol. The second-order valence-electron chi connectivity index (χ2n) is 2.17. The summed E-state index contributed by atoms with van der Waals surface area (Å²) >= 11 is 0. The molecule has 0 saturated heterocycles. The van der Waals surface area contributed by atoms with Crippen molar-refractivity contribution < 1.29 is 9.90 Å². The molecule has 0 radical (unpaired) electrons. The molecule has 62 valence electrons. The Hall–Kier alpha value is -1.84. The van der Waals surface area contributed by atoms with Crippen LogP contribution in [-0.4, -0.2) is 16.1 Å². The van der Waals surface area contributed by atoms with Gasteiger partial charge in [-0.2, -0.15) is 0 Å². The largest absolute Gasteiger partial charge is 0.477 e. The van der Waals surface area contributed by atoms with E-state index >= 15 is 0 Å². The predicted octanol–water partition coefficient (Wildman–Crippen LogP) is 0.716. The molecule has 4 nitrogen and oxygen atoms in total. The second kappa shape index (κ2) is 3.04. The highest BCUT2D eigenvalue weighted by Crippen LogP contribution is 1.95. The Morgan fingerprint density at radius 1 is 1.58 bits per heavy atom. The highest BCUT2D eigenvalue weighted by Gasteiger charge is 2.03. The Bertz CT molecular complexity index is 378. The zero-order chi connectivity index (χ0) is 9.14. The van der Waals surface area contributed by atoms with Gasteiger partial charge in [-0.15, -0.1) is 0 Å². The van der Waals surface area contributed by atoms with Crippen LogP contribution in [0.25, 0.3) is 6.08 Å². The number of aromatic amines is 1. The normalized spacial score (nSPS) is 9.33. The van der Waals surface area contributed by atoms with Crippen molar-refractivity contribution in [1.82, 2.24) is 4.98 Å². The van der Waals surface area contributed by atoms with Crippen molar-refractivity contribution in [1.29, 1.82) is 0 Å². The quantitative estimate of drug-likeness (QED) is 0.678. The Balaban J connectivity index is 3.28. The molecule has 1 aromatic heterocycles. The number of H-pyrrole nitrogens is 1. The van der Waals surface area contributed by atoms with Crippen LogP contribution in [-0.2, 0) is 0 Å². The molecule has 1 rings (SSSR count). The summed E-state index contributed by atoms with van der Waals surface area (Å²) in [6.45, 7) is 3.40. The molecule has 1 heterocycles. The third-order valence-corrected chi connectivity index (χ3v) is 1.39. The summed E-state index contributed by atoms with van der Waals surface area (Å²) in [6.07, 6.45) is 1.37. The summed E-state index contributed by atoms with van der Waals surface area (Å²) in [4.78, 5) is 23.5. The smallest absolute Gasteiger partial charge is 0.352 e. The first kappa shape index (κ1) is 8.26. The van der Waals surface area contributed by atoms with Crippen LogP contribution in [0.5, 0.6) is 0 Å². The van der Waals surface area contributed by atoms with Crippen molar-refractivity contribution in [3.8, 4) is 0 Å². The molecule has 0 bridgehead atoms. The fraction of sp³-hybridized carbons (Fsp3) is 0. The van der Waals surface area contributed by atoms with E-state index in [9.17, 15) is 9.59 Å². The number of aromatic nitrogens is 1. The molecule has 0 unspecified atom stereocenters. The maximum absolute atomic E-state index is 11.0. The van der Waals surface area contributed by atoms with Gasteiger partial charge in [0.1, 0.15) is 5.69 Å². The van der Waals surface area contributed by atoms with Crippen molar-refractivity contribution in [2.45, 2.75) is 0 Å². The molecular formula is C8H7NO3. The first-order valence-corrected chi connectivity index (χ1v) is 3.24. The van der Waals surface area contributed by atoms with E-state index in [0.717, 1.165) is 0 Å². The van der Waals surface area contributed by atoms with Gasteiger partial charge in [-0.3, -0.25) is 4.79 Å². The Labute approximate surface area is 68.2 Å². The minimum absolute atomic E-state index is 0.120. The average Bonchev–Trinajstić information content (AvgIpc) is 2.04. The fourth-order valence-corrected chi connectivity index (χ4v) is 0.770. The van der Waals surface area contributed by atoms with Crippen LogP contribution in [0.15, 0.2) is 23.5 Å². The van der Waals surface area contributed by atoms with Gasteiger partial charge in [0.25, 0.3) is 5.56 Å². The van der Waals surface area contributed by atoms with Crippen molar-refractivity contribution in [3.05, 3.63) is 40.3 Å². The standard InChI is InChI=1S/C8H7NO3/c1-2-5-3-4-6(8(11)12)9-7(5)10/h2-4H,1H2,(H,9,10)(H,11,12). The molecule has 0 fully saturated rings. The number of hydrogen-bond donors (Lipinski definition) is 2. The molecule has 0 atom stereocenters. The Morgan fingerprint density at radius 2 is 2.25 bits per heavy atom. The van der Waals surface area contributed by atoms with E-state index < -0.39 is 11.5 Å². The van der Waals surface area contributed by atoms with Crippen LogP contribution >= 0.6 is 0 Å². The lowest BCUT2D eigenvalue weighted by atomic mass is 10.2. The van der Waals surface area contributed by atoms with Crippen LogP contribution in [0.4, 0.5) is 0 Å². The molecule has 0 aromatic carbocycles. The van der Waals surface area contributed by atoms with Gasteiger partial charge in [0.15, 0.2) is 0 Å². The van der Waals surface area contributed by atoms with E-state index in [-0.39, 0.29) is 5.69 Å². The number of carboxylic acid groups (broad SMARTS) is 1. The van der Waals surface area contributed by atoms with Crippen LogP contribution in [0, 0.1) is 0 Å². The molecule has 0 amide bonds. The molecule has 0 aliphatic heterocycles. The molecule has 0 aliphatic rings. The minimum atomic E-state index is -1.15. The predicted molar refractivity (Wildman–Crippen MR) is 44.1 cm³/mol. The van der Waals surface area contributed by atoms with Crippen LogP contribution in [0.1, 0.15) is 16.1 Å². The SMILES string of the molecule is C=Cc1ccc(C(=O)O)[nH]c1=O. The van der Waals surface area contributed by atoms with Crippen molar-refractivity contribution in [3.63, 3.8) is 0 Å². The molecule has 0 spiro atoms. The van der Waals surface area contributed by atoms with Gasteiger partial charge >= 0.3 is 5.97 Å². The van der Waals surface area contributed by atoms with Gasteiger partial charge in [0.05, 0.1) is 0 Å². The maximum atomic E-state index is 11.0. The molecule has 0 saturated carbocycles. The van der Waals surface area contributed by atoms with E-state index in [1.54, 1.807) is 0 Å². The summed E-state index contributed by atoms with van der Waals surface area (Å²) in [6, 6.07) is 2.73. The number of carbonyl (C=O) groups is 1. The van der Waals surface area contributed by atoms with Gasteiger partial charge in [-0.05, 0) is 12.1 Å². The topological polar surface area (TPSA) is 70.2 Å². The molecular weight excluding hydrogens is 158 g/mol. The number of hydrogen-bond acceptors (Lipinski definition) is 2. The number of rotatable bonds is 2. The van der Waals surface area contributed by atoms with Gasteiger partial charge in [0, 0.05) is 5.56 Å². The minimum Gasteiger partial charge on any atom is -0.477 e. The fourth-order valence-electron chi connectivity index (χ4n) is 0.770. The monoisotopic (exact) mass is 165 g/mol. The van der Waals surface area contributed by atoms with Crippen LogP contribution < -0.4 is 5.56 Å². The number of aromatic carboxylic acids is 1. The molecule has 12 heavy (non-hydrogen) atoms. The lowest BCUT2D eigenvalue weighted by Gasteiger charge is -1.94. The van der Waals surface area contributed by atoms with Crippen molar-refractivity contribution in [2.75, 3.05) is 0 Å².